The Balaban J connectivity index is 1.82. The maximum absolute atomic E-state index is 5.54. The third-order valence-corrected chi connectivity index (χ3v) is 5.29. The van der Waals surface area contributed by atoms with Crippen molar-refractivity contribution in [3.63, 3.8) is 0 Å². The van der Waals surface area contributed by atoms with Gasteiger partial charge < -0.3 is 9.55 Å². The highest BCUT2D eigenvalue weighted by atomic mass is 32.1. The van der Waals surface area contributed by atoms with E-state index in [0.717, 1.165) is 34.9 Å². The lowest BCUT2D eigenvalue weighted by atomic mass is 10.0. The lowest BCUT2D eigenvalue weighted by molar-refractivity contribution is 0.370. The molecule has 0 saturated heterocycles. The summed E-state index contributed by atoms with van der Waals surface area (Å²) in [6.07, 6.45) is 6.55. The molecule has 0 atom stereocenters. The quantitative estimate of drug-likeness (QED) is 0.871. The van der Waals surface area contributed by atoms with Crippen LogP contribution in [0.5, 0.6) is 0 Å². The van der Waals surface area contributed by atoms with Gasteiger partial charge in [0.2, 0.25) is 0 Å². The Kier molecular flexibility index (Phi) is 2.29. The van der Waals surface area contributed by atoms with Crippen LogP contribution in [-0.4, -0.2) is 19.3 Å². The molecule has 2 fully saturated rings. The summed E-state index contributed by atoms with van der Waals surface area (Å²) in [5.41, 5.74) is 4.00. The number of hydrogen-bond acceptors (Lipinski definition) is 2. The molecule has 0 unspecified atom stereocenters. The number of fused-ring (bicyclic) bond motifs is 1. The molecule has 0 amide bonds. The highest BCUT2D eigenvalue weighted by Gasteiger charge is 2.54. The zero-order valence-corrected chi connectivity index (χ0v) is 12.4. The van der Waals surface area contributed by atoms with Crippen LogP contribution in [0, 0.1) is 16.1 Å². The summed E-state index contributed by atoms with van der Waals surface area (Å²) in [6.45, 7) is 3.22. The van der Waals surface area contributed by atoms with Gasteiger partial charge in [-0.3, -0.25) is 4.68 Å². The van der Waals surface area contributed by atoms with Gasteiger partial charge in [0.15, 0.2) is 10.4 Å². The van der Waals surface area contributed by atoms with Gasteiger partial charge in [-0.05, 0) is 55.7 Å². The van der Waals surface area contributed by atoms with Crippen LogP contribution in [0.15, 0.2) is 0 Å². The number of imidazole rings is 1. The summed E-state index contributed by atoms with van der Waals surface area (Å²) in [6, 6.07) is 0. The first-order valence-corrected chi connectivity index (χ1v) is 7.70. The monoisotopic (exact) mass is 276 g/mol. The predicted octanol–water partition coefficient (Wildman–Crippen LogP) is 3.18. The molecule has 2 aromatic rings. The Labute approximate surface area is 117 Å². The third-order valence-electron chi connectivity index (χ3n) is 4.97. The number of nitrogens with zero attached hydrogens (tertiary/aromatic N) is 3. The SMILES string of the molecule is CCc1nn(C)c2c1[nH]c(=S)n2CC1(C2CC2)CC1. The molecule has 2 aliphatic rings. The first kappa shape index (κ1) is 11.7. The Hall–Kier alpha value is -1.10. The van der Waals surface area contributed by atoms with Gasteiger partial charge in [0.25, 0.3) is 0 Å². The number of aromatic nitrogens is 4. The van der Waals surface area contributed by atoms with E-state index in [-0.39, 0.29) is 0 Å². The molecule has 4 rings (SSSR count). The van der Waals surface area contributed by atoms with Crippen LogP contribution in [0.25, 0.3) is 11.2 Å². The summed E-state index contributed by atoms with van der Waals surface area (Å²) >= 11 is 5.54. The number of hydrogen-bond donors (Lipinski definition) is 1. The second kappa shape index (κ2) is 3.72. The van der Waals surface area contributed by atoms with Crippen molar-refractivity contribution in [3.05, 3.63) is 10.5 Å². The van der Waals surface area contributed by atoms with Gasteiger partial charge in [0.05, 0.1) is 5.69 Å². The van der Waals surface area contributed by atoms with E-state index >= 15 is 0 Å². The van der Waals surface area contributed by atoms with E-state index in [1.165, 1.54) is 31.3 Å². The smallest absolute Gasteiger partial charge is 0.179 e. The zero-order chi connectivity index (χ0) is 13.2. The fourth-order valence-corrected chi connectivity index (χ4v) is 3.79. The van der Waals surface area contributed by atoms with E-state index in [4.69, 9.17) is 12.2 Å². The minimum absolute atomic E-state index is 0.560. The fourth-order valence-electron chi connectivity index (χ4n) is 3.54. The van der Waals surface area contributed by atoms with Crippen molar-refractivity contribution < 1.29 is 0 Å². The van der Waals surface area contributed by atoms with Gasteiger partial charge in [-0.1, -0.05) is 6.92 Å². The van der Waals surface area contributed by atoms with Gasteiger partial charge in [-0.2, -0.15) is 5.10 Å². The Morgan fingerprint density at radius 3 is 2.74 bits per heavy atom. The van der Waals surface area contributed by atoms with E-state index in [9.17, 15) is 0 Å². The molecule has 4 nitrogen and oxygen atoms in total. The molecule has 102 valence electrons. The van der Waals surface area contributed by atoms with Crippen molar-refractivity contribution >= 4 is 23.4 Å². The Bertz CT molecular complexity index is 697. The molecule has 2 aromatic heterocycles. The average molecular weight is 276 g/mol. The Morgan fingerprint density at radius 2 is 2.16 bits per heavy atom. The topological polar surface area (TPSA) is 38.5 Å². The molecule has 0 radical (unpaired) electrons. The van der Waals surface area contributed by atoms with Crippen molar-refractivity contribution in [1.82, 2.24) is 19.3 Å². The van der Waals surface area contributed by atoms with Gasteiger partial charge in [-0.25, -0.2) is 0 Å². The first-order chi connectivity index (χ1) is 9.14. The van der Waals surface area contributed by atoms with E-state index in [2.05, 4.69) is 21.6 Å². The van der Waals surface area contributed by atoms with Crippen LogP contribution in [0.2, 0.25) is 0 Å². The summed E-state index contributed by atoms with van der Waals surface area (Å²) in [4.78, 5) is 3.37. The summed E-state index contributed by atoms with van der Waals surface area (Å²) < 4.78 is 5.15. The lowest BCUT2D eigenvalue weighted by Gasteiger charge is -2.15. The zero-order valence-electron chi connectivity index (χ0n) is 11.6. The van der Waals surface area contributed by atoms with Crippen LogP contribution in [0.4, 0.5) is 0 Å². The van der Waals surface area contributed by atoms with Gasteiger partial charge >= 0.3 is 0 Å². The summed E-state index contributed by atoms with van der Waals surface area (Å²) in [7, 11) is 2.03. The maximum Gasteiger partial charge on any atom is 0.179 e. The molecule has 0 spiro atoms. The van der Waals surface area contributed by atoms with Crippen molar-refractivity contribution in [1.29, 1.82) is 0 Å². The van der Waals surface area contributed by atoms with Gasteiger partial charge in [0.1, 0.15) is 5.52 Å². The fraction of sp³-hybridized carbons (Fsp3) is 0.714. The van der Waals surface area contributed by atoms with Gasteiger partial charge in [0, 0.05) is 13.6 Å². The van der Waals surface area contributed by atoms with E-state index < -0.39 is 0 Å². The highest BCUT2D eigenvalue weighted by molar-refractivity contribution is 7.71. The minimum Gasteiger partial charge on any atom is -0.328 e. The molecule has 5 heteroatoms. The molecule has 2 saturated carbocycles. The molecule has 19 heavy (non-hydrogen) atoms. The Morgan fingerprint density at radius 1 is 1.42 bits per heavy atom. The third kappa shape index (κ3) is 1.64. The molecular formula is C14H20N4S. The van der Waals surface area contributed by atoms with Crippen molar-refractivity contribution in [2.45, 2.75) is 45.6 Å². The number of aromatic amines is 1. The number of aryl methyl sites for hydroxylation is 2. The van der Waals surface area contributed by atoms with Crippen molar-refractivity contribution in [2.75, 3.05) is 0 Å². The molecule has 2 heterocycles. The second-order valence-corrected chi connectivity index (χ2v) is 6.66. The molecule has 0 aliphatic heterocycles. The van der Waals surface area contributed by atoms with Crippen LogP contribution in [0.3, 0.4) is 0 Å². The largest absolute Gasteiger partial charge is 0.328 e. The van der Waals surface area contributed by atoms with E-state index in [1.807, 2.05) is 11.7 Å². The van der Waals surface area contributed by atoms with Crippen LogP contribution in [0.1, 0.15) is 38.3 Å². The number of rotatable bonds is 4. The van der Waals surface area contributed by atoms with Crippen molar-refractivity contribution in [2.24, 2.45) is 18.4 Å². The maximum atomic E-state index is 5.54. The molecule has 0 aromatic carbocycles. The molecular weight excluding hydrogens is 256 g/mol. The molecule has 1 N–H and O–H groups in total. The highest BCUT2D eigenvalue weighted by Crippen LogP contribution is 2.62. The summed E-state index contributed by atoms with van der Waals surface area (Å²) in [5, 5.41) is 4.60. The molecule has 2 aliphatic carbocycles. The van der Waals surface area contributed by atoms with E-state index in [1.54, 1.807) is 0 Å². The van der Waals surface area contributed by atoms with E-state index in [0.29, 0.717) is 5.41 Å². The summed E-state index contributed by atoms with van der Waals surface area (Å²) in [5.74, 6) is 0.957. The number of nitrogens with one attached hydrogen (secondary N) is 1. The van der Waals surface area contributed by atoms with Crippen LogP contribution < -0.4 is 0 Å². The first-order valence-electron chi connectivity index (χ1n) is 7.29. The molecule has 0 bridgehead atoms. The minimum atomic E-state index is 0.560. The van der Waals surface area contributed by atoms with Crippen LogP contribution >= 0.6 is 12.2 Å². The van der Waals surface area contributed by atoms with Crippen LogP contribution in [-0.2, 0) is 20.0 Å². The lowest BCUT2D eigenvalue weighted by Crippen LogP contribution is -2.15. The standard InChI is InChI=1S/C14H20N4S/c1-3-10-11-12(17(2)16-10)18(13(19)15-11)8-14(6-7-14)9-4-5-9/h9H,3-8H2,1-2H3,(H,15,19). The normalized spacial score (nSPS) is 21.2. The predicted molar refractivity (Wildman–Crippen MR) is 77.7 cm³/mol. The van der Waals surface area contributed by atoms with Crippen molar-refractivity contribution in [3.8, 4) is 0 Å². The number of H-pyrrole nitrogens is 1. The average Bonchev–Trinajstić information content (AvgIpc) is 3.26. The second-order valence-electron chi connectivity index (χ2n) is 6.28. The van der Waals surface area contributed by atoms with Gasteiger partial charge in [-0.15, -0.1) is 0 Å².